The van der Waals surface area contributed by atoms with Crippen LogP contribution in [0.25, 0.3) is 16.9 Å². The maximum atomic E-state index is 12.9. The molecule has 0 radical (unpaired) electrons. The average molecular weight is 500 g/mol. The quantitative estimate of drug-likeness (QED) is 0.403. The Morgan fingerprint density at radius 2 is 1.89 bits per heavy atom. The minimum atomic E-state index is -4.40. The monoisotopic (exact) mass is 499 g/mol. The highest BCUT2D eigenvalue weighted by Crippen LogP contribution is 2.31. The van der Waals surface area contributed by atoms with E-state index in [1.54, 1.807) is 6.07 Å². The van der Waals surface area contributed by atoms with Crippen LogP contribution in [0.2, 0.25) is 0 Å². The first-order chi connectivity index (χ1) is 17.3. The molecule has 190 valence electrons. The molecule has 0 fully saturated rings. The smallest absolute Gasteiger partial charge is 0.416 e. The third kappa shape index (κ3) is 6.54. The summed E-state index contributed by atoms with van der Waals surface area (Å²) in [6, 6.07) is 14.3. The second kappa shape index (κ2) is 11.4. The third-order valence-electron chi connectivity index (χ3n) is 5.87. The van der Waals surface area contributed by atoms with Gasteiger partial charge in [0, 0.05) is 24.6 Å². The Balaban J connectivity index is 1.40. The summed E-state index contributed by atoms with van der Waals surface area (Å²) in [5.74, 6) is 0.441. The van der Waals surface area contributed by atoms with Gasteiger partial charge < -0.3 is 14.8 Å². The Morgan fingerprint density at radius 3 is 2.53 bits per heavy atom. The van der Waals surface area contributed by atoms with Crippen LogP contribution in [-0.2, 0) is 22.1 Å². The van der Waals surface area contributed by atoms with Crippen molar-refractivity contribution in [1.82, 2.24) is 15.1 Å². The van der Waals surface area contributed by atoms with Crippen molar-refractivity contribution in [2.45, 2.75) is 32.4 Å². The van der Waals surface area contributed by atoms with Crippen LogP contribution >= 0.6 is 0 Å². The first-order valence-electron chi connectivity index (χ1n) is 11.9. The highest BCUT2D eigenvalue weighted by molar-refractivity contribution is 5.76. The Labute approximate surface area is 207 Å². The zero-order valence-electron chi connectivity index (χ0n) is 20.0. The lowest BCUT2D eigenvalue weighted by Gasteiger charge is -2.14. The van der Waals surface area contributed by atoms with Crippen LogP contribution in [0.15, 0.2) is 66.2 Å². The lowest BCUT2D eigenvalue weighted by Crippen LogP contribution is -2.27. The first-order valence-corrected chi connectivity index (χ1v) is 11.9. The topological polar surface area (TPSA) is 65.4 Å². The van der Waals surface area contributed by atoms with Crippen molar-refractivity contribution in [3.63, 3.8) is 0 Å². The summed E-state index contributed by atoms with van der Waals surface area (Å²) < 4.78 is 51.2. The van der Waals surface area contributed by atoms with Gasteiger partial charge >= 0.3 is 6.18 Å². The largest absolute Gasteiger partial charge is 0.478 e. The highest BCUT2D eigenvalue weighted by Gasteiger charge is 2.30. The molecule has 1 N–H and O–H groups in total. The summed E-state index contributed by atoms with van der Waals surface area (Å²) >= 11 is 0. The van der Waals surface area contributed by atoms with Crippen LogP contribution in [0.1, 0.15) is 30.9 Å². The van der Waals surface area contributed by atoms with Gasteiger partial charge in [-0.3, -0.25) is 4.79 Å². The fourth-order valence-electron chi connectivity index (χ4n) is 3.86. The van der Waals surface area contributed by atoms with Crippen molar-refractivity contribution in [2.75, 3.05) is 26.4 Å². The number of halogens is 3. The maximum absolute atomic E-state index is 12.9. The summed E-state index contributed by atoms with van der Waals surface area (Å²) in [6.07, 6.45) is -0.542. The number of alkyl halides is 3. The normalized spacial score (nSPS) is 13.8. The van der Waals surface area contributed by atoms with E-state index in [-0.39, 0.29) is 5.91 Å². The molecule has 2 aromatic carbocycles. The van der Waals surface area contributed by atoms with Crippen molar-refractivity contribution >= 4 is 5.91 Å². The van der Waals surface area contributed by atoms with E-state index in [0.29, 0.717) is 56.5 Å². The fourth-order valence-corrected chi connectivity index (χ4v) is 3.86. The van der Waals surface area contributed by atoms with Gasteiger partial charge in [-0.25, -0.2) is 4.68 Å². The molecule has 2 heterocycles. The molecule has 6 nitrogen and oxygen atoms in total. The molecule has 0 bridgehead atoms. The van der Waals surface area contributed by atoms with Gasteiger partial charge in [0.15, 0.2) is 0 Å². The number of nitrogens with one attached hydrogen (secondary N) is 1. The summed E-state index contributed by atoms with van der Waals surface area (Å²) in [7, 11) is 0. The molecular formula is C27H28F3N3O3. The number of aryl methyl sites for hydroxylation is 1. The fraction of sp³-hybridized carbons (Fsp3) is 0.333. The molecule has 0 spiro atoms. The molecule has 1 aromatic heterocycles. The zero-order chi connectivity index (χ0) is 25.5. The van der Waals surface area contributed by atoms with E-state index < -0.39 is 11.7 Å². The predicted octanol–water partition coefficient (Wildman–Crippen LogP) is 5.35. The molecule has 3 aromatic rings. The van der Waals surface area contributed by atoms with E-state index in [1.807, 2.05) is 37.3 Å². The van der Waals surface area contributed by atoms with Gasteiger partial charge in [-0.15, -0.1) is 0 Å². The molecule has 1 aliphatic rings. The second-order valence-electron chi connectivity index (χ2n) is 8.42. The Bertz CT molecular complexity index is 1200. The zero-order valence-corrected chi connectivity index (χ0v) is 20.0. The minimum Gasteiger partial charge on any atom is -0.478 e. The van der Waals surface area contributed by atoms with E-state index in [1.165, 1.54) is 22.4 Å². The van der Waals surface area contributed by atoms with Crippen LogP contribution < -0.4 is 10.1 Å². The van der Waals surface area contributed by atoms with Gasteiger partial charge in [-0.1, -0.05) is 35.9 Å². The standard InChI is InChI=1S/C27H28F3N3O3/c1-2-36-26-17-24(32-33(26)23-10-8-22(9-11-23)27(28,29)30)21-6-3-19(4-7-21)5-12-25(34)31-18-20-13-15-35-16-14-20/h3-4,6-11,13,17H,2,5,12,14-16,18H2,1H3,(H,31,34). The van der Waals surface area contributed by atoms with Crippen molar-refractivity contribution in [1.29, 1.82) is 0 Å². The molecule has 1 amide bonds. The van der Waals surface area contributed by atoms with Gasteiger partial charge in [0.25, 0.3) is 0 Å². The van der Waals surface area contributed by atoms with Gasteiger partial charge in [0.2, 0.25) is 11.8 Å². The number of aromatic nitrogens is 2. The number of rotatable bonds is 9. The number of benzene rings is 2. The summed E-state index contributed by atoms with van der Waals surface area (Å²) in [5, 5.41) is 7.52. The molecule has 36 heavy (non-hydrogen) atoms. The second-order valence-corrected chi connectivity index (χ2v) is 8.42. The number of nitrogens with zero attached hydrogens (tertiary/aromatic N) is 2. The van der Waals surface area contributed by atoms with Crippen molar-refractivity contribution < 1.29 is 27.4 Å². The van der Waals surface area contributed by atoms with E-state index in [2.05, 4.69) is 10.4 Å². The third-order valence-corrected chi connectivity index (χ3v) is 5.87. The maximum Gasteiger partial charge on any atom is 0.416 e. The Morgan fingerprint density at radius 1 is 1.14 bits per heavy atom. The van der Waals surface area contributed by atoms with Crippen LogP contribution in [0.5, 0.6) is 5.88 Å². The number of ether oxygens (including phenoxy) is 2. The van der Waals surface area contributed by atoms with Crippen LogP contribution in [0.4, 0.5) is 13.2 Å². The molecule has 0 saturated heterocycles. The predicted molar refractivity (Wildman–Crippen MR) is 130 cm³/mol. The number of hydrogen-bond acceptors (Lipinski definition) is 4. The minimum absolute atomic E-state index is 0.00288. The average Bonchev–Trinajstić information content (AvgIpc) is 3.31. The molecule has 0 unspecified atom stereocenters. The molecular weight excluding hydrogens is 471 g/mol. The SMILES string of the molecule is CCOc1cc(-c2ccc(CCC(=O)NCC3=CCOCC3)cc2)nn1-c1ccc(C(F)(F)F)cc1. The van der Waals surface area contributed by atoms with Gasteiger partial charge in [-0.05, 0) is 49.6 Å². The number of amides is 1. The van der Waals surface area contributed by atoms with Gasteiger partial charge in [0.1, 0.15) is 0 Å². The van der Waals surface area contributed by atoms with Crippen LogP contribution in [-0.4, -0.2) is 42.1 Å². The summed E-state index contributed by atoms with van der Waals surface area (Å²) in [6.45, 7) is 4.08. The Hall–Kier alpha value is -3.59. The summed E-state index contributed by atoms with van der Waals surface area (Å²) in [5.41, 5.74) is 3.43. The lowest BCUT2D eigenvalue weighted by molar-refractivity contribution is -0.137. The molecule has 0 atom stereocenters. The van der Waals surface area contributed by atoms with E-state index in [4.69, 9.17) is 9.47 Å². The van der Waals surface area contributed by atoms with Crippen LogP contribution in [0.3, 0.4) is 0 Å². The highest BCUT2D eigenvalue weighted by atomic mass is 19.4. The van der Waals surface area contributed by atoms with E-state index in [0.717, 1.165) is 29.7 Å². The lowest BCUT2D eigenvalue weighted by atomic mass is 10.1. The molecule has 0 saturated carbocycles. The van der Waals surface area contributed by atoms with Gasteiger partial charge in [0.05, 0.1) is 36.8 Å². The molecule has 9 heteroatoms. The molecule has 1 aliphatic heterocycles. The first kappa shape index (κ1) is 25.5. The number of carbonyl (C=O) groups excluding carboxylic acids is 1. The van der Waals surface area contributed by atoms with E-state index >= 15 is 0 Å². The number of hydrogen-bond donors (Lipinski definition) is 1. The van der Waals surface area contributed by atoms with Crippen molar-refractivity contribution in [2.24, 2.45) is 0 Å². The Kier molecular flexibility index (Phi) is 8.10. The summed E-state index contributed by atoms with van der Waals surface area (Å²) in [4.78, 5) is 12.2. The van der Waals surface area contributed by atoms with Crippen molar-refractivity contribution in [3.05, 3.63) is 77.4 Å². The molecule has 0 aliphatic carbocycles. The number of carbonyl (C=O) groups is 1. The van der Waals surface area contributed by atoms with Crippen molar-refractivity contribution in [3.8, 4) is 22.8 Å². The van der Waals surface area contributed by atoms with E-state index in [9.17, 15) is 18.0 Å². The molecule has 4 rings (SSSR count). The van der Waals surface area contributed by atoms with Gasteiger partial charge in [-0.2, -0.15) is 18.3 Å². The van der Waals surface area contributed by atoms with Crippen LogP contribution in [0, 0.1) is 0 Å².